The van der Waals surface area contributed by atoms with Gasteiger partial charge in [-0.3, -0.25) is 14.2 Å². The van der Waals surface area contributed by atoms with E-state index in [2.05, 4.69) is 9.97 Å². The van der Waals surface area contributed by atoms with Gasteiger partial charge in [0.05, 0.1) is 5.56 Å². The lowest BCUT2D eigenvalue weighted by molar-refractivity contribution is 0.0937. The van der Waals surface area contributed by atoms with Crippen LogP contribution < -0.4 is 5.56 Å². The number of hydrogen-bond donors (Lipinski definition) is 0. The van der Waals surface area contributed by atoms with Crippen LogP contribution in [0.25, 0.3) is 11.0 Å². The summed E-state index contributed by atoms with van der Waals surface area (Å²) in [6, 6.07) is 1.61. The Morgan fingerprint density at radius 1 is 1.38 bits per heavy atom. The first-order valence-electron chi connectivity index (χ1n) is 8.20. The van der Waals surface area contributed by atoms with Gasteiger partial charge in [-0.1, -0.05) is 26.7 Å². The van der Waals surface area contributed by atoms with Crippen molar-refractivity contribution < 1.29 is 9.35 Å². The Kier molecular flexibility index (Phi) is 4.73. The van der Waals surface area contributed by atoms with Crippen LogP contribution in [-0.2, 0) is 11.2 Å². The van der Waals surface area contributed by atoms with Gasteiger partial charge in [-0.05, 0) is 18.9 Å². The molecule has 24 heavy (non-hydrogen) atoms. The fourth-order valence-corrected chi connectivity index (χ4v) is 3.65. The fraction of sp³-hybridized carbons (Fsp3) is 0.529. The first-order valence-corrected chi connectivity index (χ1v) is 9.76. The van der Waals surface area contributed by atoms with Crippen molar-refractivity contribution in [2.45, 2.75) is 50.7 Å². The van der Waals surface area contributed by atoms with E-state index in [9.17, 15) is 14.1 Å². The van der Waals surface area contributed by atoms with E-state index in [1.807, 2.05) is 0 Å². The van der Waals surface area contributed by atoms with Crippen molar-refractivity contribution in [2.24, 2.45) is 5.92 Å². The van der Waals surface area contributed by atoms with Crippen LogP contribution in [0, 0.1) is 5.92 Å². The molecule has 1 atom stereocenters. The third-order valence-corrected chi connectivity index (χ3v) is 5.20. The molecule has 0 spiro atoms. The van der Waals surface area contributed by atoms with Crippen LogP contribution in [0.2, 0.25) is 0 Å². The number of Topliss-reactive ketones (excluding diaryl/α,β-unsaturated/α-hetero) is 1. The number of aromatic nitrogens is 3. The zero-order chi connectivity index (χ0) is 17.4. The number of carbonyl (C=O) groups excluding carboxylic acids is 1. The van der Waals surface area contributed by atoms with Gasteiger partial charge in [0.15, 0.2) is 11.4 Å². The summed E-state index contributed by atoms with van der Waals surface area (Å²) >= 11 is -1.33. The van der Waals surface area contributed by atoms with Crippen molar-refractivity contribution in [1.82, 2.24) is 14.5 Å². The maximum absolute atomic E-state index is 13.0. The summed E-state index contributed by atoms with van der Waals surface area (Å²) in [4.78, 5) is 33.9. The van der Waals surface area contributed by atoms with Gasteiger partial charge in [0.25, 0.3) is 5.56 Å². The maximum Gasteiger partial charge on any atom is 0.344 e. The molecule has 0 saturated heterocycles. The van der Waals surface area contributed by atoms with Crippen molar-refractivity contribution in [3.63, 3.8) is 0 Å². The Bertz CT molecular complexity index is 839. The molecule has 6 nitrogen and oxygen atoms in total. The van der Waals surface area contributed by atoms with E-state index in [0.29, 0.717) is 11.0 Å². The molecule has 128 valence electrons. The maximum atomic E-state index is 13.0. The highest BCUT2D eigenvalue weighted by molar-refractivity contribution is 7.90. The molecule has 1 fully saturated rings. The van der Waals surface area contributed by atoms with Gasteiger partial charge >= 0.3 is 5.16 Å². The number of hydrogen-bond acceptors (Lipinski definition) is 5. The average molecular weight is 347 g/mol. The lowest BCUT2D eigenvalue weighted by Gasteiger charge is -2.18. The molecule has 7 heteroatoms. The molecule has 1 saturated carbocycles. The first-order chi connectivity index (χ1) is 11.4. The Morgan fingerprint density at radius 2 is 2.04 bits per heavy atom. The predicted molar refractivity (Wildman–Crippen MR) is 92.8 cm³/mol. The molecular formula is C17H21N3O3S. The van der Waals surface area contributed by atoms with Gasteiger partial charge in [-0.15, -0.1) is 0 Å². The Morgan fingerprint density at radius 3 is 2.62 bits per heavy atom. The molecule has 2 aromatic heterocycles. The van der Waals surface area contributed by atoms with E-state index in [-0.39, 0.29) is 34.0 Å². The SMILES string of the molecule is CC(C)C(=O)c1cc2cnc([S+](C)[O-])nc2n(C2CCCC2)c1=O. The van der Waals surface area contributed by atoms with Crippen molar-refractivity contribution in [1.29, 1.82) is 0 Å². The summed E-state index contributed by atoms with van der Waals surface area (Å²) in [6.45, 7) is 3.57. The van der Waals surface area contributed by atoms with E-state index < -0.39 is 11.2 Å². The van der Waals surface area contributed by atoms with Gasteiger partial charge in [0.2, 0.25) is 0 Å². The van der Waals surface area contributed by atoms with Gasteiger partial charge in [-0.25, -0.2) is 0 Å². The van der Waals surface area contributed by atoms with E-state index in [1.165, 1.54) is 6.26 Å². The first kappa shape index (κ1) is 17.1. The summed E-state index contributed by atoms with van der Waals surface area (Å²) in [7, 11) is 0. The average Bonchev–Trinajstić information content (AvgIpc) is 3.06. The second kappa shape index (κ2) is 6.64. The Hall–Kier alpha value is -1.73. The molecule has 1 aliphatic rings. The molecule has 2 aromatic rings. The smallest absolute Gasteiger partial charge is 0.344 e. The van der Waals surface area contributed by atoms with Crippen LogP contribution in [-0.4, -0.2) is 31.1 Å². The van der Waals surface area contributed by atoms with E-state index in [4.69, 9.17) is 0 Å². The number of ketones is 1. The lowest BCUT2D eigenvalue weighted by Crippen LogP contribution is -2.31. The minimum atomic E-state index is -1.33. The zero-order valence-electron chi connectivity index (χ0n) is 14.1. The molecule has 0 aliphatic heterocycles. The van der Waals surface area contributed by atoms with Crippen LogP contribution in [0.15, 0.2) is 22.2 Å². The summed E-state index contributed by atoms with van der Waals surface area (Å²) in [5.41, 5.74) is 0.380. The second-order valence-electron chi connectivity index (χ2n) is 6.58. The number of carbonyl (C=O) groups is 1. The highest BCUT2D eigenvalue weighted by atomic mass is 32.2. The van der Waals surface area contributed by atoms with Crippen LogP contribution >= 0.6 is 0 Å². The second-order valence-corrected chi connectivity index (χ2v) is 7.85. The van der Waals surface area contributed by atoms with Crippen molar-refractivity contribution >= 4 is 28.0 Å². The molecule has 3 rings (SSSR count). The van der Waals surface area contributed by atoms with E-state index in [1.54, 1.807) is 30.7 Å². The molecule has 1 aliphatic carbocycles. The number of rotatable bonds is 4. The predicted octanol–water partition coefficient (Wildman–Crippen LogP) is 2.48. The van der Waals surface area contributed by atoms with Crippen LogP contribution in [0.1, 0.15) is 55.9 Å². The van der Waals surface area contributed by atoms with Crippen LogP contribution in [0.5, 0.6) is 0 Å². The van der Waals surface area contributed by atoms with E-state index >= 15 is 0 Å². The number of pyridine rings is 1. The Balaban J connectivity index is 2.31. The van der Waals surface area contributed by atoms with E-state index in [0.717, 1.165) is 25.7 Å². The van der Waals surface area contributed by atoms with Gasteiger partial charge < -0.3 is 4.55 Å². The molecule has 0 radical (unpaired) electrons. The summed E-state index contributed by atoms with van der Waals surface area (Å²) in [6.07, 6.45) is 6.96. The molecule has 0 amide bonds. The molecule has 2 heterocycles. The lowest BCUT2D eigenvalue weighted by atomic mass is 10.0. The van der Waals surface area contributed by atoms with Gasteiger partial charge in [0, 0.05) is 34.7 Å². The van der Waals surface area contributed by atoms with Crippen LogP contribution in [0.3, 0.4) is 0 Å². The fourth-order valence-electron chi connectivity index (χ4n) is 3.23. The molecular weight excluding hydrogens is 326 g/mol. The minimum absolute atomic E-state index is 0.0351. The standard InChI is InChI=1S/C17H21N3O3S/c1-10(2)14(21)13-8-11-9-18-17(24(3)23)19-15(11)20(16(13)22)12-6-4-5-7-12/h8-10,12H,4-7H2,1-3H3. The number of nitrogens with zero attached hydrogens (tertiary/aromatic N) is 3. The number of fused-ring (bicyclic) bond motifs is 1. The highest BCUT2D eigenvalue weighted by Crippen LogP contribution is 2.30. The van der Waals surface area contributed by atoms with Gasteiger partial charge in [-0.2, -0.15) is 9.97 Å². The topological polar surface area (TPSA) is 87.9 Å². The molecule has 0 bridgehead atoms. The molecule has 0 aromatic carbocycles. The minimum Gasteiger partial charge on any atom is -0.609 e. The quantitative estimate of drug-likeness (QED) is 0.482. The van der Waals surface area contributed by atoms with Gasteiger partial charge in [0.1, 0.15) is 6.26 Å². The third kappa shape index (κ3) is 2.98. The van der Waals surface area contributed by atoms with Crippen molar-refractivity contribution in [3.05, 3.63) is 28.2 Å². The summed E-state index contributed by atoms with van der Waals surface area (Å²) in [5, 5.41) is 0.844. The third-order valence-electron chi connectivity index (χ3n) is 4.49. The normalized spacial score (nSPS) is 16.9. The molecule has 1 unspecified atom stereocenters. The Labute approximate surface area is 143 Å². The van der Waals surface area contributed by atoms with Crippen molar-refractivity contribution in [2.75, 3.05) is 6.26 Å². The summed E-state index contributed by atoms with van der Waals surface area (Å²) < 4.78 is 13.4. The largest absolute Gasteiger partial charge is 0.609 e. The van der Waals surface area contributed by atoms with Crippen molar-refractivity contribution in [3.8, 4) is 0 Å². The highest BCUT2D eigenvalue weighted by Gasteiger charge is 2.26. The zero-order valence-corrected chi connectivity index (χ0v) is 14.9. The van der Waals surface area contributed by atoms with Crippen LogP contribution in [0.4, 0.5) is 0 Å². The summed E-state index contributed by atoms with van der Waals surface area (Å²) in [5.74, 6) is -0.424. The molecule has 0 N–H and O–H groups in total. The monoisotopic (exact) mass is 347 g/mol.